The SMILES string of the molecule is CCCOC(=O)C1=CC(=O)OC1CC(=O)OC. The predicted molar refractivity (Wildman–Crippen MR) is 55.8 cm³/mol. The van der Waals surface area contributed by atoms with Gasteiger partial charge in [-0.2, -0.15) is 0 Å². The lowest BCUT2D eigenvalue weighted by atomic mass is 10.1. The summed E-state index contributed by atoms with van der Waals surface area (Å²) in [4.78, 5) is 33.7. The topological polar surface area (TPSA) is 78.9 Å². The number of cyclic esters (lactones) is 1. The monoisotopic (exact) mass is 242 g/mol. The van der Waals surface area contributed by atoms with Crippen molar-refractivity contribution >= 4 is 17.9 Å². The third-order valence-electron chi connectivity index (χ3n) is 2.13. The van der Waals surface area contributed by atoms with Crippen LogP contribution >= 0.6 is 0 Å². The lowest BCUT2D eigenvalue weighted by molar-refractivity contribution is -0.147. The fraction of sp³-hybridized carbons (Fsp3) is 0.545. The van der Waals surface area contributed by atoms with Gasteiger partial charge in [-0.3, -0.25) is 4.79 Å². The van der Waals surface area contributed by atoms with Crippen molar-refractivity contribution in [1.82, 2.24) is 0 Å². The van der Waals surface area contributed by atoms with Crippen molar-refractivity contribution in [1.29, 1.82) is 0 Å². The standard InChI is InChI=1S/C11H14O6/c1-3-4-16-11(14)7-5-10(13)17-8(7)6-9(12)15-2/h5,8H,3-4,6H2,1-2H3. The van der Waals surface area contributed by atoms with Crippen LogP contribution in [0.15, 0.2) is 11.6 Å². The first-order valence-electron chi connectivity index (χ1n) is 5.24. The Morgan fingerprint density at radius 1 is 1.47 bits per heavy atom. The van der Waals surface area contributed by atoms with Gasteiger partial charge < -0.3 is 14.2 Å². The van der Waals surface area contributed by atoms with Crippen LogP contribution in [-0.4, -0.2) is 37.7 Å². The van der Waals surface area contributed by atoms with Crippen molar-refractivity contribution in [2.75, 3.05) is 13.7 Å². The van der Waals surface area contributed by atoms with Crippen LogP contribution in [0, 0.1) is 0 Å². The van der Waals surface area contributed by atoms with Gasteiger partial charge in [-0.25, -0.2) is 9.59 Å². The van der Waals surface area contributed by atoms with E-state index in [0.717, 1.165) is 6.08 Å². The molecule has 0 aromatic rings. The number of esters is 3. The number of hydrogen-bond acceptors (Lipinski definition) is 6. The van der Waals surface area contributed by atoms with Crippen molar-refractivity contribution < 1.29 is 28.6 Å². The van der Waals surface area contributed by atoms with Crippen LogP contribution in [0.1, 0.15) is 19.8 Å². The van der Waals surface area contributed by atoms with Gasteiger partial charge >= 0.3 is 17.9 Å². The van der Waals surface area contributed by atoms with E-state index in [1.54, 1.807) is 0 Å². The first-order chi connectivity index (χ1) is 8.08. The Morgan fingerprint density at radius 2 is 2.18 bits per heavy atom. The smallest absolute Gasteiger partial charge is 0.338 e. The molecule has 0 aromatic carbocycles. The normalized spacial score (nSPS) is 18.4. The predicted octanol–water partition coefficient (Wildman–Crippen LogP) is 0.355. The highest BCUT2D eigenvalue weighted by atomic mass is 16.6. The maximum atomic E-state index is 11.6. The minimum absolute atomic E-state index is 0.0638. The van der Waals surface area contributed by atoms with Crippen LogP contribution in [0.25, 0.3) is 0 Å². The minimum Gasteiger partial charge on any atom is -0.469 e. The van der Waals surface area contributed by atoms with Crippen LogP contribution in [0.5, 0.6) is 0 Å². The molecular weight excluding hydrogens is 228 g/mol. The van der Waals surface area contributed by atoms with Crippen molar-refractivity contribution in [3.8, 4) is 0 Å². The molecule has 1 heterocycles. The summed E-state index contributed by atoms with van der Waals surface area (Å²) in [6.45, 7) is 2.11. The van der Waals surface area contributed by atoms with E-state index >= 15 is 0 Å². The average Bonchev–Trinajstić information content (AvgIpc) is 2.67. The van der Waals surface area contributed by atoms with Gasteiger partial charge in [-0.15, -0.1) is 0 Å². The summed E-state index contributed by atoms with van der Waals surface area (Å²) in [6.07, 6.45) is 0.635. The second kappa shape index (κ2) is 6.03. The molecule has 94 valence electrons. The molecule has 0 aliphatic carbocycles. The third-order valence-corrected chi connectivity index (χ3v) is 2.13. The Bertz CT molecular complexity index is 357. The van der Waals surface area contributed by atoms with Crippen LogP contribution in [-0.2, 0) is 28.6 Å². The van der Waals surface area contributed by atoms with Crippen LogP contribution in [0.4, 0.5) is 0 Å². The van der Waals surface area contributed by atoms with E-state index < -0.39 is 24.0 Å². The fourth-order valence-electron chi connectivity index (χ4n) is 1.31. The van der Waals surface area contributed by atoms with Crippen LogP contribution < -0.4 is 0 Å². The van der Waals surface area contributed by atoms with Crippen molar-refractivity contribution in [2.24, 2.45) is 0 Å². The van der Waals surface area contributed by atoms with Gasteiger partial charge in [-0.1, -0.05) is 6.92 Å². The third kappa shape index (κ3) is 3.58. The molecule has 1 atom stereocenters. The van der Waals surface area contributed by atoms with Gasteiger partial charge in [0, 0.05) is 6.08 Å². The number of carbonyl (C=O) groups excluding carboxylic acids is 3. The molecule has 0 aromatic heterocycles. The zero-order chi connectivity index (χ0) is 12.8. The highest BCUT2D eigenvalue weighted by Crippen LogP contribution is 2.20. The molecule has 1 aliphatic rings. The molecule has 0 fully saturated rings. The van der Waals surface area contributed by atoms with E-state index in [4.69, 9.17) is 9.47 Å². The first kappa shape index (κ1) is 13.2. The van der Waals surface area contributed by atoms with Crippen molar-refractivity contribution in [3.63, 3.8) is 0 Å². The molecule has 1 unspecified atom stereocenters. The average molecular weight is 242 g/mol. The molecule has 1 aliphatic heterocycles. The van der Waals surface area contributed by atoms with Crippen molar-refractivity contribution in [3.05, 3.63) is 11.6 Å². The fourth-order valence-corrected chi connectivity index (χ4v) is 1.31. The van der Waals surface area contributed by atoms with Crippen LogP contribution in [0.3, 0.4) is 0 Å². The first-order valence-corrected chi connectivity index (χ1v) is 5.24. The van der Waals surface area contributed by atoms with E-state index in [9.17, 15) is 14.4 Å². The molecule has 0 radical (unpaired) electrons. The summed E-state index contributed by atoms with van der Waals surface area (Å²) in [5, 5.41) is 0. The summed E-state index contributed by atoms with van der Waals surface area (Å²) in [7, 11) is 1.22. The minimum atomic E-state index is -0.903. The summed E-state index contributed by atoms with van der Waals surface area (Å²) >= 11 is 0. The molecule has 6 heteroatoms. The van der Waals surface area contributed by atoms with Crippen molar-refractivity contribution in [2.45, 2.75) is 25.9 Å². The number of hydrogen-bond donors (Lipinski definition) is 0. The van der Waals surface area contributed by atoms with Gasteiger partial charge in [0.2, 0.25) is 0 Å². The van der Waals surface area contributed by atoms with E-state index in [1.807, 2.05) is 6.92 Å². The molecular formula is C11H14O6. The van der Waals surface area contributed by atoms with Gasteiger partial charge in [0.05, 0.1) is 25.7 Å². The zero-order valence-corrected chi connectivity index (χ0v) is 9.73. The molecule has 0 N–H and O–H groups in total. The molecule has 6 nitrogen and oxygen atoms in total. The number of methoxy groups -OCH3 is 1. The molecule has 1 rings (SSSR count). The summed E-state index contributed by atoms with van der Waals surface area (Å²) in [5.74, 6) is -1.84. The number of ether oxygens (including phenoxy) is 3. The largest absolute Gasteiger partial charge is 0.469 e. The molecule has 0 saturated carbocycles. The Hall–Kier alpha value is -1.85. The molecule has 0 spiro atoms. The van der Waals surface area contributed by atoms with Gasteiger partial charge in [-0.05, 0) is 6.42 Å². The van der Waals surface area contributed by atoms with E-state index in [-0.39, 0.29) is 18.6 Å². The summed E-state index contributed by atoms with van der Waals surface area (Å²) < 4.78 is 14.1. The van der Waals surface area contributed by atoms with E-state index in [0.29, 0.717) is 6.42 Å². The van der Waals surface area contributed by atoms with Gasteiger partial charge in [0.1, 0.15) is 6.10 Å². The molecule has 0 bridgehead atoms. The van der Waals surface area contributed by atoms with Gasteiger partial charge in [0.25, 0.3) is 0 Å². The van der Waals surface area contributed by atoms with E-state index in [1.165, 1.54) is 7.11 Å². The highest BCUT2D eigenvalue weighted by Gasteiger charge is 2.34. The number of rotatable bonds is 5. The zero-order valence-electron chi connectivity index (χ0n) is 9.73. The quantitative estimate of drug-likeness (QED) is 0.511. The summed E-state index contributed by atoms with van der Waals surface area (Å²) in [6, 6.07) is 0. The highest BCUT2D eigenvalue weighted by molar-refractivity contribution is 6.01. The number of carbonyl (C=O) groups is 3. The second-order valence-electron chi connectivity index (χ2n) is 3.44. The second-order valence-corrected chi connectivity index (χ2v) is 3.44. The lowest BCUT2D eigenvalue weighted by Gasteiger charge is -2.12. The molecule has 0 saturated heterocycles. The lowest BCUT2D eigenvalue weighted by Crippen LogP contribution is -2.23. The molecule has 17 heavy (non-hydrogen) atoms. The molecule has 0 amide bonds. The maximum absolute atomic E-state index is 11.6. The Kier molecular flexibility index (Phi) is 4.68. The Morgan fingerprint density at radius 3 is 2.76 bits per heavy atom. The maximum Gasteiger partial charge on any atom is 0.338 e. The summed E-state index contributed by atoms with van der Waals surface area (Å²) in [5.41, 5.74) is 0.0638. The Balaban J connectivity index is 2.66. The van der Waals surface area contributed by atoms with E-state index in [2.05, 4.69) is 4.74 Å². The van der Waals surface area contributed by atoms with Crippen LogP contribution in [0.2, 0.25) is 0 Å². The van der Waals surface area contributed by atoms with Gasteiger partial charge in [0.15, 0.2) is 0 Å². The Labute approximate surface area is 98.5 Å².